The summed E-state index contributed by atoms with van der Waals surface area (Å²) in [4.78, 5) is 17.1. The van der Waals surface area contributed by atoms with Crippen LogP contribution in [0.25, 0.3) is 0 Å². The molecule has 0 bridgehead atoms. The molecular weight excluding hydrogens is 318 g/mol. The maximum Gasteiger partial charge on any atom is 0.312 e. The number of benzene rings is 1. The van der Waals surface area contributed by atoms with E-state index in [1.54, 1.807) is 6.07 Å². The molecule has 2 N–H and O–H groups in total. The van der Waals surface area contributed by atoms with Crippen LogP contribution in [0.15, 0.2) is 24.3 Å². The molecule has 1 atom stereocenters. The van der Waals surface area contributed by atoms with Gasteiger partial charge in [-0.1, -0.05) is 6.07 Å². The lowest BCUT2D eigenvalue weighted by Crippen LogP contribution is -2.48. The van der Waals surface area contributed by atoms with Crippen LogP contribution in [0.5, 0.6) is 5.75 Å². The predicted octanol–water partition coefficient (Wildman–Crippen LogP) is 1.20. The standard InChI is InChI=1S/C19H27N3O3/c23-16-3-1-2-15(12-16)22-10-8-21(9-11-22)14-17-13-19(18(24)25-17)4-6-20-7-5-19/h1-3,12,17,20,23H,4-11,13-14H2. The third kappa shape index (κ3) is 3.46. The fraction of sp³-hybridized carbons (Fsp3) is 0.632. The normalized spacial score (nSPS) is 26.8. The average molecular weight is 345 g/mol. The van der Waals surface area contributed by atoms with Crippen LogP contribution in [0.1, 0.15) is 19.3 Å². The minimum atomic E-state index is -0.223. The number of ether oxygens (including phenoxy) is 1. The van der Waals surface area contributed by atoms with Gasteiger partial charge < -0.3 is 20.1 Å². The van der Waals surface area contributed by atoms with Crippen molar-refractivity contribution in [2.75, 3.05) is 50.7 Å². The average Bonchev–Trinajstić information content (AvgIpc) is 2.91. The summed E-state index contributed by atoms with van der Waals surface area (Å²) in [7, 11) is 0. The number of carbonyl (C=O) groups is 1. The summed E-state index contributed by atoms with van der Waals surface area (Å²) in [5.74, 6) is 0.336. The summed E-state index contributed by atoms with van der Waals surface area (Å²) >= 11 is 0. The number of aromatic hydroxyl groups is 1. The molecule has 4 rings (SSSR count). The Morgan fingerprint density at radius 1 is 1.20 bits per heavy atom. The fourth-order valence-electron chi connectivity index (χ4n) is 4.42. The second-order valence-corrected chi connectivity index (χ2v) is 7.57. The number of phenolic OH excluding ortho intramolecular Hbond substituents is 1. The van der Waals surface area contributed by atoms with E-state index in [4.69, 9.17) is 4.74 Å². The maximum atomic E-state index is 12.4. The van der Waals surface area contributed by atoms with Crippen molar-refractivity contribution < 1.29 is 14.6 Å². The van der Waals surface area contributed by atoms with Gasteiger partial charge in [0.05, 0.1) is 5.41 Å². The third-order valence-electron chi connectivity index (χ3n) is 5.91. The van der Waals surface area contributed by atoms with Crippen LogP contribution in [0.2, 0.25) is 0 Å². The number of piperidine rings is 1. The second-order valence-electron chi connectivity index (χ2n) is 7.57. The quantitative estimate of drug-likeness (QED) is 0.803. The Morgan fingerprint density at radius 2 is 1.96 bits per heavy atom. The van der Waals surface area contributed by atoms with Crippen LogP contribution >= 0.6 is 0 Å². The molecule has 0 saturated carbocycles. The van der Waals surface area contributed by atoms with Crippen LogP contribution in [0.4, 0.5) is 5.69 Å². The van der Waals surface area contributed by atoms with E-state index in [9.17, 15) is 9.90 Å². The Labute approximate surface area is 148 Å². The van der Waals surface area contributed by atoms with E-state index in [0.29, 0.717) is 5.75 Å². The van der Waals surface area contributed by atoms with Gasteiger partial charge in [0, 0.05) is 50.9 Å². The first-order valence-corrected chi connectivity index (χ1v) is 9.33. The van der Waals surface area contributed by atoms with Crippen molar-refractivity contribution in [2.45, 2.75) is 25.4 Å². The number of piperazine rings is 1. The summed E-state index contributed by atoms with van der Waals surface area (Å²) in [6.45, 7) is 6.46. The molecule has 6 heteroatoms. The fourth-order valence-corrected chi connectivity index (χ4v) is 4.42. The largest absolute Gasteiger partial charge is 0.508 e. The van der Waals surface area contributed by atoms with Gasteiger partial charge in [0.15, 0.2) is 0 Å². The van der Waals surface area contributed by atoms with E-state index in [0.717, 1.165) is 70.8 Å². The Hall–Kier alpha value is -1.79. The van der Waals surface area contributed by atoms with Crippen molar-refractivity contribution in [3.8, 4) is 5.75 Å². The molecule has 3 aliphatic rings. The summed E-state index contributed by atoms with van der Waals surface area (Å²) in [5.41, 5.74) is 0.847. The summed E-state index contributed by atoms with van der Waals surface area (Å²) in [6.07, 6.45) is 2.74. The molecule has 3 heterocycles. The lowest BCUT2D eigenvalue weighted by atomic mass is 9.76. The van der Waals surface area contributed by atoms with Gasteiger partial charge in [-0.15, -0.1) is 0 Å². The number of rotatable bonds is 3. The predicted molar refractivity (Wildman–Crippen MR) is 95.8 cm³/mol. The van der Waals surface area contributed by atoms with Crippen molar-refractivity contribution in [3.63, 3.8) is 0 Å². The first-order valence-electron chi connectivity index (χ1n) is 9.33. The van der Waals surface area contributed by atoms with Crippen molar-refractivity contribution in [3.05, 3.63) is 24.3 Å². The molecule has 1 unspecified atom stereocenters. The van der Waals surface area contributed by atoms with Crippen LogP contribution in [0, 0.1) is 5.41 Å². The van der Waals surface area contributed by atoms with Gasteiger partial charge in [-0.25, -0.2) is 0 Å². The minimum Gasteiger partial charge on any atom is -0.508 e. The molecule has 0 aromatic heterocycles. The monoisotopic (exact) mass is 345 g/mol. The number of hydrogen-bond acceptors (Lipinski definition) is 6. The first-order chi connectivity index (χ1) is 12.1. The van der Waals surface area contributed by atoms with E-state index < -0.39 is 0 Å². The molecule has 0 amide bonds. The Bertz CT molecular complexity index is 622. The summed E-state index contributed by atoms with van der Waals surface area (Å²) < 4.78 is 5.73. The van der Waals surface area contributed by atoms with E-state index >= 15 is 0 Å². The molecular formula is C19H27N3O3. The zero-order valence-electron chi connectivity index (χ0n) is 14.6. The van der Waals surface area contributed by atoms with Crippen LogP contribution in [0.3, 0.4) is 0 Å². The lowest BCUT2D eigenvalue weighted by molar-refractivity contribution is -0.150. The molecule has 1 spiro atoms. The summed E-state index contributed by atoms with van der Waals surface area (Å²) in [5, 5.41) is 13.0. The molecule has 1 aromatic carbocycles. The number of nitrogens with one attached hydrogen (secondary N) is 1. The SMILES string of the molecule is O=C1OC(CN2CCN(c3cccc(O)c3)CC2)CC12CCNCC2. The molecule has 25 heavy (non-hydrogen) atoms. The molecule has 136 valence electrons. The van der Waals surface area contributed by atoms with Gasteiger partial charge in [0.2, 0.25) is 0 Å². The van der Waals surface area contributed by atoms with E-state index in [2.05, 4.69) is 15.1 Å². The summed E-state index contributed by atoms with van der Waals surface area (Å²) in [6, 6.07) is 7.43. The molecule has 6 nitrogen and oxygen atoms in total. The smallest absolute Gasteiger partial charge is 0.312 e. The van der Waals surface area contributed by atoms with Crippen molar-refractivity contribution >= 4 is 11.7 Å². The Kier molecular flexibility index (Phi) is 4.56. The van der Waals surface area contributed by atoms with E-state index in [1.165, 1.54) is 0 Å². The zero-order chi connectivity index (χ0) is 17.3. The topological polar surface area (TPSA) is 65.0 Å². The number of nitrogens with zero attached hydrogens (tertiary/aromatic N) is 2. The molecule has 3 saturated heterocycles. The highest BCUT2D eigenvalue weighted by atomic mass is 16.6. The second kappa shape index (κ2) is 6.84. The molecule has 0 aliphatic carbocycles. The molecule has 3 fully saturated rings. The Morgan fingerprint density at radius 3 is 2.68 bits per heavy atom. The number of phenols is 1. The number of anilines is 1. The zero-order valence-corrected chi connectivity index (χ0v) is 14.6. The van der Waals surface area contributed by atoms with Crippen molar-refractivity contribution in [1.29, 1.82) is 0 Å². The van der Waals surface area contributed by atoms with Crippen LogP contribution < -0.4 is 10.2 Å². The van der Waals surface area contributed by atoms with Gasteiger partial charge in [-0.3, -0.25) is 9.69 Å². The highest BCUT2D eigenvalue weighted by molar-refractivity contribution is 5.79. The third-order valence-corrected chi connectivity index (χ3v) is 5.91. The van der Waals surface area contributed by atoms with Crippen molar-refractivity contribution in [1.82, 2.24) is 10.2 Å². The number of carbonyl (C=O) groups excluding carboxylic acids is 1. The number of cyclic esters (lactones) is 1. The van der Waals surface area contributed by atoms with E-state index in [1.807, 2.05) is 18.2 Å². The number of esters is 1. The van der Waals surface area contributed by atoms with Gasteiger partial charge in [-0.2, -0.15) is 0 Å². The van der Waals surface area contributed by atoms with Crippen LogP contribution in [-0.4, -0.2) is 67.9 Å². The minimum absolute atomic E-state index is 0.0254. The maximum absolute atomic E-state index is 12.4. The van der Waals surface area contributed by atoms with Gasteiger partial charge in [0.25, 0.3) is 0 Å². The highest BCUT2D eigenvalue weighted by Crippen LogP contribution is 2.41. The highest BCUT2D eigenvalue weighted by Gasteiger charge is 2.49. The van der Waals surface area contributed by atoms with Crippen LogP contribution in [-0.2, 0) is 9.53 Å². The van der Waals surface area contributed by atoms with Crippen molar-refractivity contribution in [2.24, 2.45) is 5.41 Å². The lowest BCUT2D eigenvalue weighted by Gasteiger charge is -2.37. The molecule has 3 aliphatic heterocycles. The first kappa shape index (κ1) is 16.7. The van der Waals surface area contributed by atoms with Gasteiger partial charge >= 0.3 is 5.97 Å². The number of hydrogen-bond donors (Lipinski definition) is 2. The van der Waals surface area contributed by atoms with Gasteiger partial charge in [0.1, 0.15) is 11.9 Å². The Balaban J connectivity index is 1.30. The van der Waals surface area contributed by atoms with Gasteiger partial charge in [-0.05, 0) is 38.1 Å². The molecule has 1 aromatic rings. The molecule has 0 radical (unpaired) electrons. The van der Waals surface area contributed by atoms with E-state index in [-0.39, 0.29) is 17.5 Å².